The molecule has 4 rings (SSSR count). The van der Waals surface area contributed by atoms with Crippen molar-refractivity contribution in [1.29, 1.82) is 0 Å². The van der Waals surface area contributed by atoms with Crippen LogP contribution in [0.15, 0.2) is 58.8 Å². The van der Waals surface area contributed by atoms with E-state index in [1.165, 1.54) is 23.9 Å². The minimum Gasteiger partial charge on any atom is -0.507 e. The van der Waals surface area contributed by atoms with Crippen LogP contribution in [0.5, 0.6) is 5.75 Å². The Morgan fingerprint density at radius 1 is 1.16 bits per heavy atom. The molecule has 0 bridgehead atoms. The second-order valence-electron chi connectivity index (χ2n) is 5.28. The Balaban J connectivity index is 1.80. The number of thioether (sulfide) groups is 1. The zero-order valence-electron chi connectivity index (χ0n) is 12.7. The lowest BCUT2D eigenvalue weighted by molar-refractivity contribution is -0.384. The number of fused-ring (bicyclic) bond motifs is 1. The number of nitrogens with zero attached hydrogens (tertiary/aromatic N) is 5. The van der Waals surface area contributed by atoms with Crippen molar-refractivity contribution in [2.75, 3.05) is 5.75 Å². The van der Waals surface area contributed by atoms with Crippen molar-refractivity contribution in [2.24, 2.45) is 5.10 Å². The molecule has 1 aromatic heterocycles. The molecule has 2 aromatic carbocycles. The van der Waals surface area contributed by atoms with Gasteiger partial charge >= 0.3 is 0 Å². The highest BCUT2D eigenvalue weighted by Crippen LogP contribution is 2.32. The molecule has 0 radical (unpaired) electrons. The molecule has 1 N–H and O–H groups in total. The molecule has 2 heterocycles. The van der Waals surface area contributed by atoms with E-state index >= 15 is 0 Å². The van der Waals surface area contributed by atoms with Crippen LogP contribution in [0.25, 0.3) is 11.4 Å². The Hall–Kier alpha value is -3.20. The summed E-state index contributed by atoms with van der Waals surface area (Å²) in [6.45, 7) is 0. The second-order valence-corrected chi connectivity index (χ2v) is 6.22. The van der Waals surface area contributed by atoms with Crippen molar-refractivity contribution < 1.29 is 10.0 Å². The third-order valence-electron chi connectivity index (χ3n) is 3.71. The van der Waals surface area contributed by atoms with E-state index in [9.17, 15) is 15.2 Å². The molecular formula is C16H11N5O3S. The number of non-ortho nitro benzene ring substituents is 1. The Kier molecular flexibility index (Phi) is 3.69. The van der Waals surface area contributed by atoms with Crippen LogP contribution in [0, 0.1) is 10.1 Å². The molecule has 0 amide bonds. The summed E-state index contributed by atoms with van der Waals surface area (Å²) >= 11 is 1.43. The Morgan fingerprint density at radius 3 is 2.80 bits per heavy atom. The molecule has 0 unspecified atom stereocenters. The molecule has 1 aliphatic rings. The van der Waals surface area contributed by atoms with Crippen molar-refractivity contribution in [3.63, 3.8) is 0 Å². The molecule has 3 aromatic rings. The van der Waals surface area contributed by atoms with E-state index in [0.29, 0.717) is 33.6 Å². The van der Waals surface area contributed by atoms with Crippen LogP contribution in [-0.4, -0.2) is 36.4 Å². The molecule has 0 spiro atoms. The fraction of sp³-hybridized carbons (Fsp3) is 0.0625. The minimum absolute atomic E-state index is 0.0145. The van der Waals surface area contributed by atoms with Crippen LogP contribution in [-0.2, 0) is 0 Å². The number of aromatic hydroxyl groups is 1. The van der Waals surface area contributed by atoms with Crippen molar-refractivity contribution >= 4 is 23.2 Å². The van der Waals surface area contributed by atoms with Gasteiger partial charge in [0.15, 0.2) is 5.82 Å². The van der Waals surface area contributed by atoms with Crippen molar-refractivity contribution in [1.82, 2.24) is 14.9 Å². The number of hydrogen-bond acceptors (Lipinski definition) is 7. The smallest absolute Gasteiger partial charge is 0.270 e. The van der Waals surface area contributed by atoms with Gasteiger partial charge in [-0.1, -0.05) is 36.0 Å². The van der Waals surface area contributed by atoms with Crippen LogP contribution < -0.4 is 0 Å². The molecule has 0 atom stereocenters. The lowest BCUT2D eigenvalue weighted by Crippen LogP contribution is -2.14. The molecule has 8 nitrogen and oxygen atoms in total. The van der Waals surface area contributed by atoms with Gasteiger partial charge in [0.05, 0.1) is 16.2 Å². The summed E-state index contributed by atoms with van der Waals surface area (Å²) in [5.41, 5.74) is 1.88. The predicted octanol–water partition coefficient (Wildman–Crippen LogP) is 2.92. The molecule has 124 valence electrons. The third-order valence-corrected chi connectivity index (χ3v) is 4.64. The number of phenolic OH excluding ortho intramolecular Hbond substituents is 1. The molecule has 1 aliphatic heterocycles. The molecule has 25 heavy (non-hydrogen) atoms. The van der Waals surface area contributed by atoms with Gasteiger partial charge in [-0.2, -0.15) is 9.78 Å². The number of benzene rings is 2. The predicted molar refractivity (Wildman–Crippen MR) is 92.9 cm³/mol. The number of hydrogen-bond donors (Lipinski definition) is 1. The monoisotopic (exact) mass is 353 g/mol. The summed E-state index contributed by atoms with van der Waals surface area (Å²) in [7, 11) is 0. The fourth-order valence-electron chi connectivity index (χ4n) is 2.50. The van der Waals surface area contributed by atoms with E-state index in [4.69, 9.17) is 0 Å². The maximum Gasteiger partial charge on any atom is 0.270 e. The Bertz CT molecular complexity index is 1010. The van der Waals surface area contributed by atoms with Gasteiger partial charge in [-0.25, -0.2) is 0 Å². The van der Waals surface area contributed by atoms with Gasteiger partial charge in [0.1, 0.15) is 5.75 Å². The molecule has 9 heteroatoms. The van der Waals surface area contributed by atoms with Gasteiger partial charge in [0.25, 0.3) is 5.69 Å². The van der Waals surface area contributed by atoms with Crippen LogP contribution in [0.4, 0.5) is 5.69 Å². The van der Waals surface area contributed by atoms with Gasteiger partial charge < -0.3 is 5.11 Å². The normalized spacial score (nSPS) is 13.2. The number of phenols is 1. The first kappa shape index (κ1) is 15.3. The number of nitro groups is 1. The summed E-state index contributed by atoms with van der Waals surface area (Å²) in [5, 5.41) is 34.4. The summed E-state index contributed by atoms with van der Waals surface area (Å²) in [6, 6.07) is 13.2. The quantitative estimate of drug-likeness (QED) is 0.573. The third kappa shape index (κ3) is 2.74. The van der Waals surface area contributed by atoms with E-state index in [1.807, 2.05) is 0 Å². The largest absolute Gasteiger partial charge is 0.507 e. The van der Waals surface area contributed by atoms with E-state index in [0.717, 1.165) is 0 Å². The number of aromatic nitrogens is 3. The molecular weight excluding hydrogens is 342 g/mol. The molecule has 0 saturated heterocycles. The number of nitro benzene ring substituents is 1. The average molecular weight is 353 g/mol. The summed E-state index contributed by atoms with van der Waals surface area (Å²) in [4.78, 5) is 10.5. The van der Waals surface area contributed by atoms with Gasteiger partial charge in [0.2, 0.25) is 5.16 Å². The lowest BCUT2D eigenvalue weighted by Gasteiger charge is -2.14. The van der Waals surface area contributed by atoms with Crippen molar-refractivity contribution in [3.8, 4) is 17.1 Å². The fourth-order valence-corrected chi connectivity index (χ4v) is 3.34. The number of rotatable bonds is 3. The molecule has 0 saturated carbocycles. The standard InChI is InChI=1S/C16H11N5O3S/c22-14-7-2-1-6-12(14)15-17-18-16-20(15)19-13(9-25-16)10-4-3-5-11(8-10)21(23)24/h1-8,22H,9H2. The highest BCUT2D eigenvalue weighted by atomic mass is 32.2. The van der Waals surface area contributed by atoms with E-state index in [-0.39, 0.29) is 11.4 Å². The summed E-state index contributed by atoms with van der Waals surface area (Å²) in [5.74, 6) is 1.03. The number of para-hydroxylation sites is 1. The maximum atomic E-state index is 11.0. The van der Waals surface area contributed by atoms with E-state index in [1.54, 1.807) is 41.1 Å². The topological polar surface area (TPSA) is 106 Å². The van der Waals surface area contributed by atoms with E-state index < -0.39 is 4.92 Å². The van der Waals surface area contributed by atoms with E-state index in [2.05, 4.69) is 15.3 Å². The first-order valence-corrected chi connectivity index (χ1v) is 8.31. The Labute approximate surface area is 146 Å². The van der Waals surface area contributed by atoms with Crippen molar-refractivity contribution in [2.45, 2.75) is 5.16 Å². The van der Waals surface area contributed by atoms with Crippen molar-refractivity contribution in [3.05, 3.63) is 64.2 Å². The second kappa shape index (κ2) is 6.02. The van der Waals surface area contributed by atoms with Gasteiger partial charge in [0, 0.05) is 23.4 Å². The Morgan fingerprint density at radius 2 is 2.00 bits per heavy atom. The lowest BCUT2D eigenvalue weighted by atomic mass is 10.1. The molecule has 0 aliphatic carbocycles. The van der Waals surface area contributed by atoms with Crippen LogP contribution in [0.1, 0.15) is 5.56 Å². The summed E-state index contributed by atoms with van der Waals surface area (Å²) in [6.07, 6.45) is 0. The summed E-state index contributed by atoms with van der Waals surface area (Å²) < 4.78 is 1.55. The average Bonchev–Trinajstić information content (AvgIpc) is 3.05. The van der Waals surface area contributed by atoms with Crippen LogP contribution in [0.3, 0.4) is 0 Å². The zero-order valence-corrected chi connectivity index (χ0v) is 13.6. The van der Waals surface area contributed by atoms with Gasteiger partial charge in [-0.3, -0.25) is 10.1 Å². The maximum absolute atomic E-state index is 11.0. The molecule has 0 fully saturated rings. The van der Waals surface area contributed by atoms with Gasteiger partial charge in [-0.15, -0.1) is 10.2 Å². The first-order valence-electron chi connectivity index (χ1n) is 7.33. The highest BCUT2D eigenvalue weighted by Gasteiger charge is 2.22. The SMILES string of the molecule is O=[N+]([O-])c1cccc(C2=Nn3c(nnc3-c3ccccc3O)SC2)c1. The first-order chi connectivity index (χ1) is 12.1. The van der Waals surface area contributed by atoms with Crippen LogP contribution >= 0.6 is 11.8 Å². The van der Waals surface area contributed by atoms with Gasteiger partial charge in [-0.05, 0) is 12.1 Å². The zero-order chi connectivity index (χ0) is 17.4. The highest BCUT2D eigenvalue weighted by molar-refractivity contribution is 7.99. The van der Waals surface area contributed by atoms with Crippen LogP contribution in [0.2, 0.25) is 0 Å². The minimum atomic E-state index is -0.433.